The molecule has 0 unspecified atom stereocenters. The molecule has 2 aliphatic heterocycles. The predicted molar refractivity (Wildman–Crippen MR) is 127 cm³/mol. The summed E-state index contributed by atoms with van der Waals surface area (Å²) in [5.74, 6) is 1.69. The fourth-order valence-corrected chi connectivity index (χ4v) is 4.83. The Bertz CT molecular complexity index is 1130. The maximum atomic E-state index is 6.36. The van der Waals surface area contributed by atoms with Gasteiger partial charge in [0.05, 0.1) is 17.3 Å². The number of aromatic nitrogens is 3. The van der Waals surface area contributed by atoms with Gasteiger partial charge in [0.1, 0.15) is 18.0 Å². The minimum absolute atomic E-state index is 0.199. The van der Waals surface area contributed by atoms with Crippen molar-refractivity contribution >= 4 is 34.6 Å². The molecule has 0 amide bonds. The van der Waals surface area contributed by atoms with Crippen LogP contribution in [0.3, 0.4) is 0 Å². The Morgan fingerprint density at radius 2 is 1.97 bits per heavy atom. The van der Waals surface area contributed by atoms with E-state index in [1.807, 2.05) is 12.1 Å². The van der Waals surface area contributed by atoms with Crippen LogP contribution in [-0.2, 0) is 18.4 Å². The summed E-state index contributed by atoms with van der Waals surface area (Å²) in [5, 5.41) is 4.22. The van der Waals surface area contributed by atoms with Crippen molar-refractivity contribution in [1.29, 1.82) is 0 Å². The lowest BCUT2D eigenvalue weighted by atomic mass is 9.78. The molecule has 4 heterocycles. The second-order valence-electron chi connectivity index (χ2n) is 9.04. The third-order valence-electron chi connectivity index (χ3n) is 6.52. The largest absolute Gasteiger partial charge is 0.374 e. The minimum atomic E-state index is 0.199. The number of nitrogens with zero attached hydrogens (tertiary/aromatic N) is 5. The molecule has 1 N–H and O–H groups in total. The molecule has 0 aliphatic carbocycles. The normalized spacial score (nSPS) is 17.2. The van der Waals surface area contributed by atoms with Crippen LogP contribution in [0.5, 0.6) is 0 Å². The van der Waals surface area contributed by atoms with Gasteiger partial charge in [0.25, 0.3) is 0 Å². The smallest absolute Gasteiger partial charge is 0.147 e. The van der Waals surface area contributed by atoms with Gasteiger partial charge in [-0.1, -0.05) is 31.5 Å². The van der Waals surface area contributed by atoms with Gasteiger partial charge in [-0.05, 0) is 48.1 Å². The number of pyridine rings is 1. The molecule has 31 heavy (non-hydrogen) atoms. The van der Waals surface area contributed by atoms with E-state index in [0.717, 1.165) is 48.1 Å². The first kappa shape index (κ1) is 20.1. The number of hydrogen-bond acceptors (Lipinski definition) is 6. The molecule has 2 aliphatic rings. The van der Waals surface area contributed by atoms with Gasteiger partial charge < -0.3 is 15.1 Å². The zero-order valence-corrected chi connectivity index (χ0v) is 18.9. The van der Waals surface area contributed by atoms with Crippen molar-refractivity contribution in [2.45, 2.75) is 38.6 Å². The van der Waals surface area contributed by atoms with Crippen molar-refractivity contribution in [2.24, 2.45) is 0 Å². The Morgan fingerprint density at radius 1 is 1.10 bits per heavy atom. The molecule has 0 saturated carbocycles. The highest BCUT2D eigenvalue weighted by atomic mass is 35.5. The van der Waals surface area contributed by atoms with E-state index >= 15 is 0 Å². The highest BCUT2D eigenvalue weighted by molar-refractivity contribution is 6.32. The summed E-state index contributed by atoms with van der Waals surface area (Å²) in [6, 6.07) is 10.4. The molecular formula is C24H27ClN6. The van der Waals surface area contributed by atoms with E-state index in [1.54, 1.807) is 12.5 Å². The second kappa shape index (κ2) is 7.68. The monoisotopic (exact) mass is 434 g/mol. The summed E-state index contributed by atoms with van der Waals surface area (Å²) in [6.07, 6.45) is 5.42. The van der Waals surface area contributed by atoms with E-state index in [0.29, 0.717) is 11.6 Å². The Morgan fingerprint density at radius 3 is 2.81 bits per heavy atom. The molecule has 0 saturated heterocycles. The molecule has 5 rings (SSSR count). The average Bonchev–Trinajstić information content (AvgIpc) is 2.77. The van der Waals surface area contributed by atoms with Crippen LogP contribution < -0.4 is 15.1 Å². The van der Waals surface area contributed by atoms with Gasteiger partial charge in [0.15, 0.2) is 0 Å². The van der Waals surface area contributed by atoms with Crippen LogP contribution in [0.4, 0.5) is 23.0 Å². The molecule has 0 atom stereocenters. The lowest BCUT2D eigenvalue weighted by Gasteiger charge is -2.38. The Balaban J connectivity index is 1.42. The van der Waals surface area contributed by atoms with Gasteiger partial charge in [-0.3, -0.25) is 0 Å². The topological polar surface area (TPSA) is 57.2 Å². The Labute approximate surface area is 188 Å². The molecule has 1 aromatic carbocycles. The van der Waals surface area contributed by atoms with Crippen molar-refractivity contribution in [3.8, 4) is 0 Å². The van der Waals surface area contributed by atoms with Gasteiger partial charge >= 0.3 is 0 Å². The number of fused-ring (bicyclic) bond motifs is 2. The molecule has 160 valence electrons. The maximum absolute atomic E-state index is 6.36. The van der Waals surface area contributed by atoms with Crippen LogP contribution >= 0.6 is 11.6 Å². The number of benzene rings is 1. The van der Waals surface area contributed by atoms with E-state index < -0.39 is 0 Å². The maximum Gasteiger partial charge on any atom is 0.147 e. The predicted octanol–water partition coefficient (Wildman–Crippen LogP) is 4.95. The van der Waals surface area contributed by atoms with Crippen molar-refractivity contribution in [3.63, 3.8) is 0 Å². The third kappa shape index (κ3) is 3.69. The SMILES string of the molecule is CN1CCC(C)(C)c2ccc(Nc3ncnc4c3CCN(c3ncccc3Cl)C4)cc21. The van der Waals surface area contributed by atoms with Gasteiger partial charge in [-0.15, -0.1) is 0 Å². The van der Waals surface area contributed by atoms with Crippen molar-refractivity contribution in [1.82, 2.24) is 15.0 Å². The van der Waals surface area contributed by atoms with E-state index in [2.05, 4.69) is 69.2 Å². The van der Waals surface area contributed by atoms with Crippen LogP contribution in [0.2, 0.25) is 5.02 Å². The van der Waals surface area contributed by atoms with E-state index in [-0.39, 0.29) is 5.41 Å². The molecule has 0 spiro atoms. The molecule has 7 heteroatoms. The molecular weight excluding hydrogens is 408 g/mol. The summed E-state index contributed by atoms with van der Waals surface area (Å²) in [4.78, 5) is 18.1. The Kier molecular flexibility index (Phi) is 4.97. The molecule has 3 aromatic rings. The van der Waals surface area contributed by atoms with E-state index in [9.17, 15) is 0 Å². The lowest BCUT2D eigenvalue weighted by molar-refractivity contribution is 0.462. The number of hydrogen-bond donors (Lipinski definition) is 1. The van der Waals surface area contributed by atoms with Crippen molar-refractivity contribution in [3.05, 3.63) is 64.7 Å². The van der Waals surface area contributed by atoms with Crippen LogP contribution in [0.1, 0.15) is 37.1 Å². The summed E-state index contributed by atoms with van der Waals surface area (Å²) in [6.45, 7) is 7.22. The summed E-state index contributed by atoms with van der Waals surface area (Å²) < 4.78 is 0. The summed E-state index contributed by atoms with van der Waals surface area (Å²) in [5.41, 5.74) is 6.13. The molecule has 6 nitrogen and oxygen atoms in total. The second-order valence-corrected chi connectivity index (χ2v) is 9.45. The fourth-order valence-electron chi connectivity index (χ4n) is 4.59. The zero-order chi connectivity index (χ0) is 21.6. The first-order valence-electron chi connectivity index (χ1n) is 10.7. The third-order valence-corrected chi connectivity index (χ3v) is 6.81. The Hall–Kier alpha value is -2.86. The zero-order valence-electron chi connectivity index (χ0n) is 18.2. The highest BCUT2D eigenvalue weighted by Gasteiger charge is 2.30. The number of rotatable bonds is 3. The van der Waals surface area contributed by atoms with Crippen LogP contribution in [0.15, 0.2) is 42.9 Å². The van der Waals surface area contributed by atoms with Gasteiger partial charge in [-0.25, -0.2) is 15.0 Å². The average molecular weight is 435 g/mol. The van der Waals surface area contributed by atoms with E-state index in [4.69, 9.17) is 11.6 Å². The minimum Gasteiger partial charge on any atom is -0.374 e. The van der Waals surface area contributed by atoms with Gasteiger partial charge in [0, 0.05) is 43.3 Å². The number of halogens is 1. The molecule has 0 fully saturated rings. The molecule has 0 radical (unpaired) electrons. The van der Waals surface area contributed by atoms with Crippen LogP contribution in [0.25, 0.3) is 0 Å². The fraction of sp³-hybridized carbons (Fsp3) is 0.375. The van der Waals surface area contributed by atoms with Gasteiger partial charge in [-0.2, -0.15) is 0 Å². The first-order chi connectivity index (χ1) is 14.9. The highest BCUT2D eigenvalue weighted by Crippen LogP contribution is 2.41. The van der Waals surface area contributed by atoms with Gasteiger partial charge in [0.2, 0.25) is 0 Å². The van der Waals surface area contributed by atoms with Crippen molar-refractivity contribution < 1.29 is 0 Å². The summed E-state index contributed by atoms with van der Waals surface area (Å²) >= 11 is 6.36. The standard InChI is InChI=1S/C24H27ClN6/c1-24(2)9-12-30(3)21-13-16(6-7-18(21)24)29-22-17-8-11-31(14-20(17)27-15-28-22)23-19(25)5-4-10-26-23/h4-7,10,13,15H,8-9,11-12,14H2,1-3H3,(H,27,28,29). The summed E-state index contributed by atoms with van der Waals surface area (Å²) in [7, 11) is 2.17. The van der Waals surface area contributed by atoms with Crippen LogP contribution in [0, 0.1) is 0 Å². The molecule has 0 bridgehead atoms. The lowest BCUT2D eigenvalue weighted by Crippen LogP contribution is -2.34. The first-order valence-corrected chi connectivity index (χ1v) is 11.1. The quantitative estimate of drug-likeness (QED) is 0.629. The van der Waals surface area contributed by atoms with Crippen LogP contribution in [-0.4, -0.2) is 35.1 Å². The van der Waals surface area contributed by atoms with E-state index in [1.165, 1.54) is 17.7 Å². The number of anilines is 4. The molecule has 2 aromatic heterocycles. The van der Waals surface area contributed by atoms with Crippen molar-refractivity contribution in [2.75, 3.05) is 35.3 Å². The number of nitrogens with one attached hydrogen (secondary N) is 1.